The zero-order chi connectivity index (χ0) is 18.0. The first-order valence-corrected chi connectivity index (χ1v) is 8.83. The standard InChI is InChI=1S/C19H27NO5/c1-23-13-7-8-14(16(12-13)24-2)17-15-6-4-5-9-19(15,22)10-11-20(17)18(21)25-3/h7-8,12,15,17,22H,4-6,9-11H2,1-3H3. The number of hydrogen-bond acceptors (Lipinski definition) is 5. The van der Waals surface area contributed by atoms with Crippen molar-refractivity contribution in [1.29, 1.82) is 0 Å². The van der Waals surface area contributed by atoms with E-state index in [-0.39, 0.29) is 18.1 Å². The van der Waals surface area contributed by atoms with Gasteiger partial charge in [-0.3, -0.25) is 0 Å². The van der Waals surface area contributed by atoms with Crippen molar-refractivity contribution < 1.29 is 24.1 Å². The Kier molecular flexibility index (Phi) is 5.08. The summed E-state index contributed by atoms with van der Waals surface area (Å²) in [5.74, 6) is 1.32. The van der Waals surface area contributed by atoms with E-state index in [1.54, 1.807) is 19.1 Å². The Bertz CT molecular complexity index is 634. The van der Waals surface area contributed by atoms with E-state index in [9.17, 15) is 9.90 Å². The van der Waals surface area contributed by atoms with E-state index < -0.39 is 5.60 Å². The van der Waals surface area contributed by atoms with Gasteiger partial charge in [-0.05, 0) is 31.4 Å². The molecule has 1 heterocycles. The second-order valence-electron chi connectivity index (χ2n) is 6.92. The molecule has 0 radical (unpaired) electrons. The number of likely N-dealkylation sites (tertiary alicyclic amines) is 1. The molecule has 1 amide bonds. The molecule has 6 nitrogen and oxygen atoms in total. The molecule has 2 aliphatic rings. The molecule has 2 fully saturated rings. The highest BCUT2D eigenvalue weighted by molar-refractivity contribution is 5.69. The summed E-state index contributed by atoms with van der Waals surface area (Å²) in [6.07, 6.45) is 3.96. The molecular formula is C19H27NO5. The summed E-state index contributed by atoms with van der Waals surface area (Å²) >= 11 is 0. The molecular weight excluding hydrogens is 322 g/mol. The Morgan fingerprint density at radius 3 is 2.68 bits per heavy atom. The topological polar surface area (TPSA) is 68.2 Å². The maximum Gasteiger partial charge on any atom is 0.410 e. The zero-order valence-electron chi connectivity index (χ0n) is 15.2. The average Bonchev–Trinajstić information content (AvgIpc) is 2.65. The van der Waals surface area contributed by atoms with Gasteiger partial charge in [0, 0.05) is 24.1 Å². The SMILES string of the molecule is COC(=O)N1CCC2(O)CCCCC2C1c1ccc(OC)cc1OC. The first-order chi connectivity index (χ1) is 12.0. The van der Waals surface area contributed by atoms with Gasteiger partial charge >= 0.3 is 6.09 Å². The van der Waals surface area contributed by atoms with Crippen molar-refractivity contribution in [2.45, 2.75) is 43.7 Å². The maximum atomic E-state index is 12.4. The number of aliphatic hydroxyl groups is 1. The van der Waals surface area contributed by atoms with Crippen LogP contribution in [0, 0.1) is 5.92 Å². The quantitative estimate of drug-likeness (QED) is 0.908. The summed E-state index contributed by atoms with van der Waals surface area (Å²) in [5.41, 5.74) is 0.150. The third-order valence-electron chi connectivity index (χ3n) is 5.74. The fourth-order valence-electron chi connectivity index (χ4n) is 4.45. The van der Waals surface area contributed by atoms with Gasteiger partial charge in [0.15, 0.2) is 0 Å². The van der Waals surface area contributed by atoms with E-state index in [2.05, 4.69) is 0 Å². The number of nitrogens with zero attached hydrogens (tertiary/aromatic N) is 1. The van der Waals surface area contributed by atoms with Crippen molar-refractivity contribution in [3.05, 3.63) is 23.8 Å². The highest BCUT2D eigenvalue weighted by atomic mass is 16.5. The second-order valence-corrected chi connectivity index (χ2v) is 6.92. The van der Waals surface area contributed by atoms with E-state index in [1.807, 2.05) is 18.2 Å². The number of fused-ring (bicyclic) bond motifs is 1. The minimum absolute atomic E-state index is 0.0311. The predicted molar refractivity (Wildman–Crippen MR) is 92.9 cm³/mol. The minimum Gasteiger partial charge on any atom is -0.497 e. The van der Waals surface area contributed by atoms with Crippen molar-refractivity contribution >= 4 is 6.09 Å². The number of benzene rings is 1. The summed E-state index contributed by atoms with van der Waals surface area (Å²) in [7, 11) is 4.61. The highest BCUT2D eigenvalue weighted by Crippen LogP contribution is 2.51. The Morgan fingerprint density at radius 1 is 1.20 bits per heavy atom. The van der Waals surface area contributed by atoms with E-state index in [4.69, 9.17) is 14.2 Å². The first-order valence-electron chi connectivity index (χ1n) is 8.83. The van der Waals surface area contributed by atoms with Crippen molar-refractivity contribution in [3.8, 4) is 11.5 Å². The lowest BCUT2D eigenvalue weighted by molar-refractivity contribution is -0.118. The van der Waals surface area contributed by atoms with Crippen LogP contribution < -0.4 is 9.47 Å². The number of carbonyl (C=O) groups is 1. The smallest absolute Gasteiger partial charge is 0.410 e. The normalized spacial score (nSPS) is 28.9. The van der Waals surface area contributed by atoms with Gasteiger partial charge in [0.05, 0.1) is 33.0 Å². The third-order valence-corrected chi connectivity index (χ3v) is 5.74. The van der Waals surface area contributed by atoms with E-state index in [0.717, 1.165) is 31.2 Å². The summed E-state index contributed by atoms with van der Waals surface area (Å²) in [4.78, 5) is 14.1. The largest absolute Gasteiger partial charge is 0.497 e. The van der Waals surface area contributed by atoms with Crippen LogP contribution in [0.4, 0.5) is 4.79 Å². The maximum absolute atomic E-state index is 12.4. The Labute approximate surface area is 148 Å². The molecule has 1 aliphatic carbocycles. The molecule has 0 aromatic heterocycles. The lowest BCUT2D eigenvalue weighted by Crippen LogP contribution is -2.56. The summed E-state index contributed by atoms with van der Waals surface area (Å²) < 4.78 is 15.9. The Morgan fingerprint density at radius 2 is 2.00 bits per heavy atom. The lowest BCUT2D eigenvalue weighted by Gasteiger charge is -2.52. The number of rotatable bonds is 3. The molecule has 1 N–H and O–H groups in total. The fraction of sp³-hybridized carbons (Fsp3) is 0.632. The highest BCUT2D eigenvalue weighted by Gasteiger charge is 2.51. The van der Waals surface area contributed by atoms with Gasteiger partial charge in [-0.15, -0.1) is 0 Å². The molecule has 1 aromatic carbocycles. The monoisotopic (exact) mass is 349 g/mol. The molecule has 25 heavy (non-hydrogen) atoms. The van der Waals surface area contributed by atoms with E-state index >= 15 is 0 Å². The predicted octanol–water partition coefficient (Wildman–Crippen LogP) is 3.14. The molecule has 1 aromatic rings. The van der Waals surface area contributed by atoms with Gasteiger partial charge in [0.2, 0.25) is 0 Å². The lowest BCUT2D eigenvalue weighted by atomic mass is 9.66. The first kappa shape index (κ1) is 17.9. The van der Waals surface area contributed by atoms with Gasteiger partial charge < -0.3 is 24.2 Å². The van der Waals surface area contributed by atoms with E-state index in [1.165, 1.54) is 7.11 Å². The van der Waals surface area contributed by atoms with E-state index in [0.29, 0.717) is 24.5 Å². The molecule has 6 heteroatoms. The molecule has 0 bridgehead atoms. The summed E-state index contributed by atoms with van der Waals surface area (Å²) in [5, 5.41) is 11.2. The molecule has 3 rings (SSSR count). The number of amides is 1. The Balaban J connectivity index is 2.07. The number of ether oxygens (including phenoxy) is 3. The summed E-state index contributed by atoms with van der Waals surface area (Å²) in [6.45, 7) is 0.472. The van der Waals surface area contributed by atoms with Gasteiger partial charge in [-0.2, -0.15) is 0 Å². The molecule has 1 saturated heterocycles. The number of piperidine rings is 1. The van der Waals surface area contributed by atoms with Crippen LogP contribution in [0.2, 0.25) is 0 Å². The van der Waals surface area contributed by atoms with Crippen LogP contribution >= 0.6 is 0 Å². The summed E-state index contributed by atoms with van der Waals surface area (Å²) in [6, 6.07) is 5.34. The van der Waals surface area contributed by atoms with Crippen LogP contribution in [-0.4, -0.2) is 49.6 Å². The molecule has 0 spiro atoms. The zero-order valence-corrected chi connectivity index (χ0v) is 15.2. The average molecular weight is 349 g/mol. The second kappa shape index (κ2) is 7.12. The number of carbonyl (C=O) groups excluding carboxylic acids is 1. The van der Waals surface area contributed by atoms with Crippen LogP contribution in [0.5, 0.6) is 11.5 Å². The van der Waals surface area contributed by atoms with Crippen molar-refractivity contribution in [1.82, 2.24) is 4.90 Å². The van der Waals surface area contributed by atoms with Crippen LogP contribution in [-0.2, 0) is 4.74 Å². The van der Waals surface area contributed by atoms with Crippen molar-refractivity contribution in [2.75, 3.05) is 27.9 Å². The van der Waals surface area contributed by atoms with Crippen LogP contribution in [0.25, 0.3) is 0 Å². The van der Waals surface area contributed by atoms with Crippen LogP contribution in [0.1, 0.15) is 43.7 Å². The van der Waals surface area contributed by atoms with Crippen LogP contribution in [0.3, 0.4) is 0 Å². The molecule has 1 saturated carbocycles. The Hall–Kier alpha value is -1.95. The molecule has 3 atom stereocenters. The van der Waals surface area contributed by atoms with Crippen LogP contribution in [0.15, 0.2) is 18.2 Å². The van der Waals surface area contributed by atoms with Gasteiger partial charge in [0.1, 0.15) is 11.5 Å². The molecule has 1 aliphatic heterocycles. The van der Waals surface area contributed by atoms with Crippen molar-refractivity contribution in [2.24, 2.45) is 5.92 Å². The third kappa shape index (κ3) is 3.15. The van der Waals surface area contributed by atoms with Gasteiger partial charge in [-0.1, -0.05) is 12.8 Å². The molecule has 138 valence electrons. The fourth-order valence-corrected chi connectivity index (χ4v) is 4.45. The number of hydrogen-bond donors (Lipinski definition) is 1. The van der Waals surface area contributed by atoms with Gasteiger partial charge in [-0.25, -0.2) is 4.79 Å². The molecule has 3 unspecified atom stereocenters. The van der Waals surface area contributed by atoms with Gasteiger partial charge in [0.25, 0.3) is 0 Å². The minimum atomic E-state index is -0.738. The number of methoxy groups -OCH3 is 3. The van der Waals surface area contributed by atoms with Crippen molar-refractivity contribution in [3.63, 3.8) is 0 Å².